The van der Waals surface area contributed by atoms with Crippen molar-refractivity contribution in [3.63, 3.8) is 0 Å². The Balaban J connectivity index is 2.46. The van der Waals surface area contributed by atoms with Gasteiger partial charge in [-0.1, -0.05) is 13.8 Å². The minimum atomic E-state index is 0.227. The largest absolute Gasteiger partial charge is 0.368 e. The number of nitrogens with zero attached hydrogens (tertiary/aromatic N) is 2. The molecule has 2 heterocycles. The Kier molecular flexibility index (Phi) is 3.69. The fourth-order valence-electron chi connectivity index (χ4n) is 2.40. The van der Waals surface area contributed by atoms with E-state index in [1.165, 1.54) is 0 Å². The molecule has 1 aliphatic heterocycles. The van der Waals surface area contributed by atoms with Crippen LogP contribution in [0.4, 0.5) is 5.69 Å². The van der Waals surface area contributed by atoms with Crippen LogP contribution >= 0.6 is 0 Å². The lowest BCUT2D eigenvalue weighted by Crippen LogP contribution is -2.37. The van der Waals surface area contributed by atoms with Crippen molar-refractivity contribution in [2.24, 2.45) is 0 Å². The minimum absolute atomic E-state index is 0.227. The van der Waals surface area contributed by atoms with Gasteiger partial charge in [0.15, 0.2) is 5.78 Å². The molecule has 1 aromatic heterocycles. The van der Waals surface area contributed by atoms with E-state index in [9.17, 15) is 4.79 Å². The smallest absolute Gasteiger partial charge is 0.168 e. The molecular weight excluding hydrogens is 224 g/mol. The van der Waals surface area contributed by atoms with Crippen LogP contribution in [0.15, 0.2) is 12.3 Å². The Morgan fingerprint density at radius 2 is 2.11 bits per heavy atom. The number of carbonyl (C=O) groups excluding carboxylic acids is 1. The molecule has 0 bridgehead atoms. The summed E-state index contributed by atoms with van der Waals surface area (Å²) in [6.07, 6.45) is 3.45. The number of Topliss-reactive ketones (excluding diaryl/α,β-unsaturated/α-hetero) is 1. The Morgan fingerprint density at radius 1 is 1.39 bits per heavy atom. The monoisotopic (exact) mass is 246 g/mol. The molecule has 98 valence electrons. The third-order valence-corrected chi connectivity index (χ3v) is 3.83. The van der Waals surface area contributed by atoms with Gasteiger partial charge in [-0.2, -0.15) is 0 Å². The standard InChI is InChI=1S/C15H22N2O/c1-5-11(4)13-8-14-12(9-16-13)15(18)6-7-17(14)10(2)3/h8-11H,5-7H2,1-4H3. The van der Waals surface area contributed by atoms with E-state index in [2.05, 4.69) is 43.6 Å². The van der Waals surface area contributed by atoms with Gasteiger partial charge in [0.1, 0.15) is 0 Å². The maximum atomic E-state index is 11.9. The first-order valence-electron chi connectivity index (χ1n) is 6.84. The summed E-state index contributed by atoms with van der Waals surface area (Å²) in [5.41, 5.74) is 2.96. The lowest BCUT2D eigenvalue weighted by molar-refractivity contribution is 0.0979. The molecule has 3 nitrogen and oxygen atoms in total. The summed E-state index contributed by atoms with van der Waals surface area (Å²) in [5.74, 6) is 0.673. The summed E-state index contributed by atoms with van der Waals surface area (Å²) in [5, 5.41) is 0. The summed E-state index contributed by atoms with van der Waals surface area (Å²) >= 11 is 0. The number of rotatable bonds is 3. The van der Waals surface area contributed by atoms with Crippen LogP contribution in [-0.4, -0.2) is 23.4 Å². The van der Waals surface area contributed by atoms with E-state index in [1.807, 2.05) is 0 Å². The van der Waals surface area contributed by atoms with Gasteiger partial charge in [-0.3, -0.25) is 9.78 Å². The van der Waals surface area contributed by atoms with Crippen molar-refractivity contribution >= 4 is 11.5 Å². The van der Waals surface area contributed by atoms with Gasteiger partial charge in [0.2, 0.25) is 0 Å². The number of pyridine rings is 1. The maximum absolute atomic E-state index is 11.9. The average Bonchev–Trinajstić information content (AvgIpc) is 2.37. The summed E-state index contributed by atoms with van der Waals surface area (Å²) in [6.45, 7) is 9.51. The number of hydrogen-bond acceptors (Lipinski definition) is 3. The molecule has 1 aliphatic rings. The van der Waals surface area contributed by atoms with E-state index in [4.69, 9.17) is 0 Å². The Hall–Kier alpha value is -1.38. The van der Waals surface area contributed by atoms with Crippen molar-refractivity contribution in [3.05, 3.63) is 23.5 Å². The van der Waals surface area contributed by atoms with Crippen LogP contribution in [0, 0.1) is 0 Å². The van der Waals surface area contributed by atoms with Crippen molar-refractivity contribution in [2.75, 3.05) is 11.4 Å². The fourth-order valence-corrected chi connectivity index (χ4v) is 2.40. The second-order valence-electron chi connectivity index (χ2n) is 5.40. The van der Waals surface area contributed by atoms with Gasteiger partial charge in [-0.15, -0.1) is 0 Å². The molecule has 0 saturated carbocycles. The van der Waals surface area contributed by atoms with Crippen LogP contribution in [0.2, 0.25) is 0 Å². The molecule has 2 rings (SSSR count). The first kappa shape index (κ1) is 13.1. The SMILES string of the molecule is CCC(C)c1cc2c(cn1)C(=O)CCN2C(C)C. The summed E-state index contributed by atoms with van der Waals surface area (Å²) < 4.78 is 0. The van der Waals surface area contributed by atoms with Gasteiger partial charge in [0.25, 0.3) is 0 Å². The van der Waals surface area contributed by atoms with Crippen molar-refractivity contribution in [1.29, 1.82) is 0 Å². The number of hydrogen-bond donors (Lipinski definition) is 0. The number of fused-ring (bicyclic) bond motifs is 1. The van der Waals surface area contributed by atoms with E-state index in [0.29, 0.717) is 18.4 Å². The number of ketones is 1. The first-order chi connectivity index (χ1) is 8.54. The third kappa shape index (κ3) is 2.26. The highest BCUT2D eigenvalue weighted by atomic mass is 16.1. The minimum Gasteiger partial charge on any atom is -0.368 e. The zero-order valence-electron chi connectivity index (χ0n) is 11.7. The summed E-state index contributed by atoms with van der Waals surface area (Å²) in [7, 11) is 0. The second kappa shape index (κ2) is 5.09. The molecule has 0 fully saturated rings. The topological polar surface area (TPSA) is 33.2 Å². The number of aromatic nitrogens is 1. The summed E-state index contributed by atoms with van der Waals surface area (Å²) in [4.78, 5) is 18.7. The zero-order chi connectivity index (χ0) is 13.3. The van der Waals surface area contributed by atoms with Gasteiger partial charge in [-0.05, 0) is 32.3 Å². The van der Waals surface area contributed by atoms with Crippen LogP contribution in [0.5, 0.6) is 0 Å². The van der Waals surface area contributed by atoms with Crippen LogP contribution in [0.25, 0.3) is 0 Å². The Morgan fingerprint density at radius 3 is 2.72 bits per heavy atom. The van der Waals surface area contributed by atoms with Crippen molar-refractivity contribution < 1.29 is 4.79 Å². The molecule has 18 heavy (non-hydrogen) atoms. The van der Waals surface area contributed by atoms with Crippen LogP contribution < -0.4 is 4.90 Å². The van der Waals surface area contributed by atoms with E-state index in [0.717, 1.165) is 29.9 Å². The van der Waals surface area contributed by atoms with E-state index >= 15 is 0 Å². The Labute approximate surface area is 109 Å². The second-order valence-corrected chi connectivity index (χ2v) is 5.40. The van der Waals surface area contributed by atoms with E-state index < -0.39 is 0 Å². The molecule has 0 aromatic carbocycles. The van der Waals surface area contributed by atoms with Gasteiger partial charge < -0.3 is 4.90 Å². The van der Waals surface area contributed by atoms with E-state index in [1.54, 1.807) is 6.20 Å². The molecule has 1 unspecified atom stereocenters. The van der Waals surface area contributed by atoms with Crippen molar-refractivity contribution in [1.82, 2.24) is 4.98 Å². The van der Waals surface area contributed by atoms with Gasteiger partial charge in [-0.25, -0.2) is 0 Å². The van der Waals surface area contributed by atoms with Crippen LogP contribution in [0.1, 0.15) is 62.5 Å². The first-order valence-corrected chi connectivity index (χ1v) is 6.84. The van der Waals surface area contributed by atoms with Crippen LogP contribution in [0.3, 0.4) is 0 Å². The number of anilines is 1. The average molecular weight is 246 g/mol. The highest BCUT2D eigenvalue weighted by molar-refractivity contribution is 6.03. The molecule has 3 heteroatoms. The molecule has 0 radical (unpaired) electrons. The predicted octanol–water partition coefficient (Wildman–Crippen LogP) is 3.40. The van der Waals surface area contributed by atoms with Crippen LogP contribution in [-0.2, 0) is 0 Å². The lowest BCUT2D eigenvalue weighted by atomic mass is 9.97. The summed E-state index contributed by atoms with van der Waals surface area (Å²) in [6, 6.07) is 2.53. The molecule has 1 aromatic rings. The molecule has 1 atom stereocenters. The quantitative estimate of drug-likeness (QED) is 0.819. The fraction of sp³-hybridized carbons (Fsp3) is 0.600. The molecule has 0 aliphatic carbocycles. The Bertz CT molecular complexity index is 454. The lowest BCUT2D eigenvalue weighted by Gasteiger charge is -2.34. The highest BCUT2D eigenvalue weighted by Crippen LogP contribution is 2.31. The van der Waals surface area contributed by atoms with Crippen molar-refractivity contribution in [3.8, 4) is 0 Å². The van der Waals surface area contributed by atoms with Gasteiger partial charge >= 0.3 is 0 Å². The van der Waals surface area contributed by atoms with Gasteiger partial charge in [0, 0.05) is 30.9 Å². The normalized spacial score (nSPS) is 16.9. The third-order valence-electron chi connectivity index (χ3n) is 3.83. The maximum Gasteiger partial charge on any atom is 0.168 e. The molecule has 0 spiro atoms. The molecule has 0 amide bonds. The zero-order valence-corrected chi connectivity index (χ0v) is 11.7. The molecule has 0 saturated heterocycles. The van der Waals surface area contributed by atoms with Gasteiger partial charge in [0.05, 0.1) is 11.3 Å². The van der Waals surface area contributed by atoms with E-state index in [-0.39, 0.29) is 5.78 Å². The van der Waals surface area contributed by atoms with Crippen molar-refractivity contribution in [2.45, 2.75) is 52.5 Å². The molecular formula is C15H22N2O. The molecule has 0 N–H and O–H groups in total. The highest BCUT2D eigenvalue weighted by Gasteiger charge is 2.25. The number of carbonyl (C=O) groups is 1. The predicted molar refractivity (Wildman–Crippen MR) is 74.4 cm³/mol.